The maximum absolute atomic E-state index is 11.2. The molecule has 1 rings (SSSR count). The van der Waals surface area contributed by atoms with Crippen LogP contribution in [0.25, 0.3) is 0 Å². The average Bonchev–Trinajstić information content (AvgIpc) is 2.23. The van der Waals surface area contributed by atoms with Crippen LogP contribution in [0, 0.1) is 6.92 Å². The number of rotatable bonds is 5. The second-order valence-electron chi connectivity index (χ2n) is 3.20. The molecule has 3 heteroatoms. The molecule has 1 aromatic carbocycles. The van der Waals surface area contributed by atoms with Crippen molar-refractivity contribution >= 4 is 5.91 Å². The number of hydrogen-bond acceptors (Lipinski definition) is 2. The largest absolute Gasteiger partial charge is 0.484 e. The first kappa shape index (κ1) is 11.3. The highest BCUT2D eigenvalue weighted by Crippen LogP contribution is 2.11. The molecule has 80 valence electrons. The van der Waals surface area contributed by atoms with Crippen molar-refractivity contribution in [2.24, 2.45) is 0 Å². The highest BCUT2D eigenvalue weighted by atomic mass is 16.5. The van der Waals surface area contributed by atoms with Crippen molar-refractivity contribution in [2.75, 3.05) is 13.2 Å². The van der Waals surface area contributed by atoms with Crippen molar-refractivity contribution in [2.45, 2.75) is 6.92 Å². The summed E-state index contributed by atoms with van der Waals surface area (Å²) < 4.78 is 5.30. The van der Waals surface area contributed by atoms with Crippen molar-refractivity contribution < 1.29 is 9.53 Å². The van der Waals surface area contributed by atoms with Crippen LogP contribution in [-0.4, -0.2) is 19.1 Å². The SMILES string of the molecule is C=CCNC(=O)COc1cccc(C)c1. The number of carbonyl (C=O) groups is 1. The van der Waals surface area contributed by atoms with E-state index in [-0.39, 0.29) is 12.5 Å². The first-order valence-electron chi connectivity index (χ1n) is 4.79. The monoisotopic (exact) mass is 205 g/mol. The van der Waals surface area contributed by atoms with Crippen LogP contribution in [-0.2, 0) is 4.79 Å². The lowest BCUT2D eigenvalue weighted by Gasteiger charge is -2.06. The molecule has 0 spiro atoms. The lowest BCUT2D eigenvalue weighted by atomic mass is 10.2. The third-order valence-corrected chi connectivity index (χ3v) is 1.80. The van der Waals surface area contributed by atoms with Crippen molar-refractivity contribution in [1.82, 2.24) is 5.32 Å². The molecule has 0 fully saturated rings. The molecule has 0 heterocycles. The van der Waals surface area contributed by atoms with Crippen molar-refractivity contribution in [3.8, 4) is 5.75 Å². The Labute approximate surface area is 89.8 Å². The molecule has 1 amide bonds. The Bertz CT molecular complexity index is 347. The Kier molecular flexibility index (Phi) is 4.41. The van der Waals surface area contributed by atoms with Crippen LogP contribution >= 0.6 is 0 Å². The summed E-state index contributed by atoms with van der Waals surface area (Å²) in [5.41, 5.74) is 1.11. The number of amides is 1. The van der Waals surface area contributed by atoms with E-state index < -0.39 is 0 Å². The van der Waals surface area contributed by atoms with Gasteiger partial charge in [-0.3, -0.25) is 4.79 Å². The van der Waals surface area contributed by atoms with Crippen LogP contribution < -0.4 is 10.1 Å². The standard InChI is InChI=1S/C12H15NO2/c1-3-7-13-12(14)9-15-11-6-4-5-10(2)8-11/h3-6,8H,1,7,9H2,2H3,(H,13,14). The summed E-state index contributed by atoms with van der Waals surface area (Å²) in [6.07, 6.45) is 1.63. The van der Waals surface area contributed by atoms with Crippen LogP contribution in [0.4, 0.5) is 0 Å². The summed E-state index contributed by atoms with van der Waals surface area (Å²) in [5.74, 6) is 0.570. The summed E-state index contributed by atoms with van der Waals surface area (Å²) in [7, 11) is 0. The summed E-state index contributed by atoms with van der Waals surface area (Å²) in [4.78, 5) is 11.2. The zero-order chi connectivity index (χ0) is 11.1. The minimum atomic E-state index is -0.142. The highest BCUT2D eigenvalue weighted by Gasteiger charge is 2.00. The highest BCUT2D eigenvalue weighted by molar-refractivity contribution is 5.77. The molecule has 0 aliphatic heterocycles. The van der Waals surface area contributed by atoms with Gasteiger partial charge in [0.05, 0.1) is 0 Å². The molecule has 0 bridgehead atoms. The van der Waals surface area contributed by atoms with Crippen molar-refractivity contribution in [3.05, 3.63) is 42.5 Å². The van der Waals surface area contributed by atoms with Gasteiger partial charge in [0.2, 0.25) is 0 Å². The normalized spacial score (nSPS) is 9.40. The molecular formula is C12H15NO2. The molecule has 3 nitrogen and oxygen atoms in total. The molecule has 15 heavy (non-hydrogen) atoms. The second kappa shape index (κ2) is 5.86. The minimum absolute atomic E-state index is 0.0390. The third kappa shape index (κ3) is 4.31. The summed E-state index contributed by atoms with van der Waals surface area (Å²) in [6, 6.07) is 7.59. The number of aryl methyl sites for hydroxylation is 1. The third-order valence-electron chi connectivity index (χ3n) is 1.80. The minimum Gasteiger partial charge on any atom is -0.484 e. The number of benzene rings is 1. The fourth-order valence-corrected chi connectivity index (χ4v) is 1.09. The Hall–Kier alpha value is -1.77. The van der Waals surface area contributed by atoms with Gasteiger partial charge in [-0.15, -0.1) is 6.58 Å². The lowest BCUT2D eigenvalue weighted by molar-refractivity contribution is -0.122. The summed E-state index contributed by atoms with van der Waals surface area (Å²) >= 11 is 0. The molecule has 0 aliphatic carbocycles. The fourth-order valence-electron chi connectivity index (χ4n) is 1.09. The van der Waals surface area contributed by atoms with E-state index in [1.54, 1.807) is 6.08 Å². The van der Waals surface area contributed by atoms with Gasteiger partial charge in [-0.25, -0.2) is 0 Å². The van der Waals surface area contributed by atoms with Gasteiger partial charge in [-0.2, -0.15) is 0 Å². The zero-order valence-electron chi connectivity index (χ0n) is 8.82. The van der Waals surface area contributed by atoms with Crippen LogP contribution in [0.15, 0.2) is 36.9 Å². The Morgan fingerprint density at radius 1 is 1.60 bits per heavy atom. The predicted octanol–water partition coefficient (Wildman–Crippen LogP) is 1.68. The summed E-state index contributed by atoms with van der Waals surface area (Å²) in [6.45, 7) is 5.99. The van der Waals surface area contributed by atoms with Gasteiger partial charge in [0.1, 0.15) is 5.75 Å². The molecule has 0 unspecified atom stereocenters. The van der Waals surface area contributed by atoms with E-state index in [1.165, 1.54) is 0 Å². The second-order valence-corrected chi connectivity index (χ2v) is 3.20. The van der Waals surface area contributed by atoms with Gasteiger partial charge in [-0.05, 0) is 24.6 Å². The maximum Gasteiger partial charge on any atom is 0.258 e. The van der Waals surface area contributed by atoms with Gasteiger partial charge in [0.25, 0.3) is 5.91 Å². The molecule has 0 saturated carbocycles. The first-order valence-corrected chi connectivity index (χ1v) is 4.79. The number of nitrogens with one attached hydrogen (secondary N) is 1. The van der Waals surface area contributed by atoms with Crippen LogP contribution in [0.2, 0.25) is 0 Å². The quantitative estimate of drug-likeness (QED) is 0.743. The molecular weight excluding hydrogens is 190 g/mol. The van der Waals surface area contributed by atoms with Gasteiger partial charge in [-0.1, -0.05) is 18.2 Å². The van der Waals surface area contributed by atoms with E-state index in [0.717, 1.165) is 5.56 Å². The summed E-state index contributed by atoms with van der Waals surface area (Å²) in [5, 5.41) is 2.64. The Morgan fingerprint density at radius 2 is 2.40 bits per heavy atom. The zero-order valence-corrected chi connectivity index (χ0v) is 8.82. The molecule has 0 atom stereocenters. The average molecular weight is 205 g/mol. The number of ether oxygens (including phenoxy) is 1. The molecule has 1 aromatic rings. The Balaban J connectivity index is 2.36. The number of carbonyl (C=O) groups excluding carboxylic acids is 1. The van der Waals surface area contributed by atoms with E-state index >= 15 is 0 Å². The van der Waals surface area contributed by atoms with Gasteiger partial charge in [0, 0.05) is 6.54 Å². The number of hydrogen-bond donors (Lipinski definition) is 1. The lowest BCUT2D eigenvalue weighted by Crippen LogP contribution is -2.28. The molecule has 0 aromatic heterocycles. The maximum atomic E-state index is 11.2. The molecule has 1 N–H and O–H groups in total. The molecule has 0 radical (unpaired) electrons. The van der Waals surface area contributed by atoms with Crippen LogP contribution in [0.1, 0.15) is 5.56 Å². The van der Waals surface area contributed by atoms with E-state index in [2.05, 4.69) is 11.9 Å². The van der Waals surface area contributed by atoms with E-state index in [1.807, 2.05) is 31.2 Å². The smallest absolute Gasteiger partial charge is 0.258 e. The van der Waals surface area contributed by atoms with Gasteiger partial charge < -0.3 is 10.1 Å². The van der Waals surface area contributed by atoms with Crippen LogP contribution in [0.5, 0.6) is 5.75 Å². The van der Waals surface area contributed by atoms with Crippen molar-refractivity contribution in [3.63, 3.8) is 0 Å². The van der Waals surface area contributed by atoms with Gasteiger partial charge in [0.15, 0.2) is 6.61 Å². The van der Waals surface area contributed by atoms with Crippen molar-refractivity contribution in [1.29, 1.82) is 0 Å². The van der Waals surface area contributed by atoms with Crippen LogP contribution in [0.3, 0.4) is 0 Å². The van der Waals surface area contributed by atoms with E-state index in [4.69, 9.17) is 4.74 Å². The van der Waals surface area contributed by atoms with E-state index in [9.17, 15) is 4.79 Å². The molecule has 0 aliphatic rings. The Morgan fingerprint density at radius 3 is 3.07 bits per heavy atom. The molecule has 0 saturated heterocycles. The fraction of sp³-hybridized carbons (Fsp3) is 0.250. The topological polar surface area (TPSA) is 38.3 Å². The van der Waals surface area contributed by atoms with E-state index in [0.29, 0.717) is 12.3 Å². The first-order chi connectivity index (χ1) is 7.22. The van der Waals surface area contributed by atoms with Gasteiger partial charge >= 0.3 is 0 Å². The predicted molar refractivity (Wildman–Crippen MR) is 59.9 cm³/mol.